The maximum absolute atomic E-state index is 4.46. The lowest BCUT2D eigenvalue weighted by molar-refractivity contribution is 0.150. The minimum Gasteiger partial charge on any atom is -0.356 e. The van der Waals surface area contributed by atoms with Crippen molar-refractivity contribution in [1.29, 1.82) is 0 Å². The first-order valence-corrected chi connectivity index (χ1v) is 11.6. The third-order valence-electron chi connectivity index (χ3n) is 6.82. The maximum Gasteiger partial charge on any atom is 0.191 e. The highest BCUT2D eigenvalue weighted by atomic mass is 15.2. The van der Waals surface area contributed by atoms with Crippen molar-refractivity contribution in [2.24, 2.45) is 4.99 Å². The number of aliphatic imine (C=N–C) groups is 1. The molecule has 1 heterocycles. The summed E-state index contributed by atoms with van der Waals surface area (Å²) < 4.78 is 0. The molecule has 29 heavy (non-hydrogen) atoms. The van der Waals surface area contributed by atoms with Gasteiger partial charge in [0, 0.05) is 51.4 Å². The third-order valence-corrected chi connectivity index (χ3v) is 6.82. The van der Waals surface area contributed by atoms with Gasteiger partial charge in [-0.15, -0.1) is 0 Å². The van der Waals surface area contributed by atoms with E-state index in [1.54, 1.807) is 0 Å². The van der Waals surface area contributed by atoms with Gasteiger partial charge in [-0.05, 0) is 51.6 Å². The first-order valence-electron chi connectivity index (χ1n) is 11.6. The summed E-state index contributed by atoms with van der Waals surface area (Å²) in [6.07, 6.45) is 9.25. The van der Waals surface area contributed by atoms with Crippen LogP contribution in [0.1, 0.15) is 57.4 Å². The molecule has 5 nitrogen and oxygen atoms in total. The summed E-state index contributed by atoms with van der Waals surface area (Å²) in [6.45, 7) is 6.72. The van der Waals surface area contributed by atoms with E-state index >= 15 is 0 Å². The van der Waals surface area contributed by atoms with Crippen molar-refractivity contribution in [2.75, 3.05) is 33.7 Å². The zero-order valence-corrected chi connectivity index (χ0v) is 18.7. The van der Waals surface area contributed by atoms with Gasteiger partial charge in [-0.2, -0.15) is 0 Å². The highest BCUT2D eigenvalue weighted by molar-refractivity contribution is 5.79. The van der Waals surface area contributed by atoms with Crippen LogP contribution >= 0.6 is 0 Å². The van der Waals surface area contributed by atoms with Crippen molar-refractivity contribution in [3.8, 4) is 0 Å². The minimum atomic E-state index is 0.524. The SMILES string of the molecule is CN=C(NCCC(C)N(C)Cc1ccccc1)NC1CCN(C2CCCC2)CC1. The standard InChI is InChI=1S/C24H41N5/c1-20(28(3)19-21-9-5-4-6-10-21)13-16-26-24(25-2)27-22-14-17-29(18-15-22)23-11-7-8-12-23/h4-6,9-10,20,22-23H,7-8,11-19H2,1-3H3,(H2,25,26,27). The third kappa shape index (κ3) is 7.00. The summed E-state index contributed by atoms with van der Waals surface area (Å²) in [5.74, 6) is 0.960. The zero-order chi connectivity index (χ0) is 20.5. The highest BCUT2D eigenvalue weighted by Crippen LogP contribution is 2.26. The van der Waals surface area contributed by atoms with Crippen LogP contribution < -0.4 is 10.6 Å². The van der Waals surface area contributed by atoms with Gasteiger partial charge in [0.1, 0.15) is 0 Å². The smallest absolute Gasteiger partial charge is 0.191 e. The van der Waals surface area contributed by atoms with Gasteiger partial charge >= 0.3 is 0 Å². The molecule has 1 saturated carbocycles. The molecule has 1 aromatic rings. The molecule has 0 amide bonds. The predicted octanol–water partition coefficient (Wildman–Crippen LogP) is 3.47. The number of guanidine groups is 1. The molecule has 1 saturated heterocycles. The molecule has 3 rings (SSSR count). The average Bonchev–Trinajstić information content (AvgIpc) is 3.29. The largest absolute Gasteiger partial charge is 0.356 e. The number of hydrogen-bond acceptors (Lipinski definition) is 3. The van der Waals surface area contributed by atoms with Crippen molar-refractivity contribution in [2.45, 2.75) is 76.5 Å². The number of benzene rings is 1. The number of hydrogen-bond donors (Lipinski definition) is 2. The fourth-order valence-corrected chi connectivity index (χ4v) is 4.71. The van der Waals surface area contributed by atoms with E-state index in [0.717, 1.165) is 31.5 Å². The fraction of sp³-hybridized carbons (Fsp3) is 0.708. The summed E-state index contributed by atoms with van der Waals surface area (Å²) in [5, 5.41) is 7.19. The molecule has 0 spiro atoms. The molecule has 0 bridgehead atoms. The lowest BCUT2D eigenvalue weighted by Crippen LogP contribution is -2.50. The second-order valence-electron chi connectivity index (χ2n) is 8.93. The highest BCUT2D eigenvalue weighted by Gasteiger charge is 2.27. The topological polar surface area (TPSA) is 42.9 Å². The van der Waals surface area contributed by atoms with Gasteiger partial charge in [0.05, 0.1) is 0 Å². The van der Waals surface area contributed by atoms with E-state index < -0.39 is 0 Å². The Morgan fingerprint density at radius 1 is 1.14 bits per heavy atom. The van der Waals surface area contributed by atoms with Gasteiger partial charge in [-0.1, -0.05) is 43.2 Å². The normalized spacial score (nSPS) is 20.9. The Hall–Kier alpha value is -1.59. The molecule has 2 fully saturated rings. The zero-order valence-electron chi connectivity index (χ0n) is 18.7. The van der Waals surface area contributed by atoms with Crippen molar-refractivity contribution in [3.05, 3.63) is 35.9 Å². The number of nitrogens with one attached hydrogen (secondary N) is 2. The molecule has 2 N–H and O–H groups in total. The van der Waals surface area contributed by atoms with E-state index in [4.69, 9.17) is 0 Å². The molecular weight excluding hydrogens is 358 g/mol. The van der Waals surface area contributed by atoms with Crippen LogP contribution in [0, 0.1) is 0 Å². The second-order valence-corrected chi connectivity index (χ2v) is 8.93. The lowest BCUT2D eigenvalue weighted by Gasteiger charge is -2.36. The molecule has 1 aromatic carbocycles. The van der Waals surface area contributed by atoms with E-state index in [9.17, 15) is 0 Å². The van der Waals surface area contributed by atoms with Crippen LogP contribution in [0.15, 0.2) is 35.3 Å². The molecule has 1 atom stereocenters. The van der Waals surface area contributed by atoms with Crippen LogP contribution in [-0.2, 0) is 6.54 Å². The Morgan fingerprint density at radius 2 is 1.83 bits per heavy atom. The maximum atomic E-state index is 4.46. The monoisotopic (exact) mass is 399 g/mol. The van der Waals surface area contributed by atoms with Crippen LogP contribution in [0.25, 0.3) is 0 Å². The number of piperidine rings is 1. The van der Waals surface area contributed by atoms with E-state index in [1.165, 1.54) is 57.2 Å². The van der Waals surface area contributed by atoms with Crippen LogP contribution in [0.3, 0.4) is 0 Å². The number of rotatable bonds is 8. The Labute approximate surface area is 178 Å². The molecule has 162 valence electrons. The van der Waals surface area contributed by atoms with Crippen LogP contribution in [-0.4, -0.2) is 67.6 Å². The first kappa shape index (κ1) is 22.1. The lowest BCUT2D eigenvalue weighted by atomic mass is 10.0. The van der Waals surface area contributed by atoms with Crippen molar-refractivity contribution < 1.29 is 0 Å². The van der Waals surface area contributed by atoms with Crippen molar-refractivity contribution >= 4 is 5.96 Å². The van der Waals surface area contributed by atoms with Gasteiger partial charge in [0.15, 0.2) is 5.96 Å². The molecule has 5 heteroatoms. The summed E-state index contributed by atoms with van der Waals surface area (Å²) in [4.78, 5) is 9.61. The Balaban J connectivity index is 1.33. The second kappa shape index (κ2) is 11.6. The van der Waals surface area contributed by atoms with Crippen LogP contribution in [0.5, 0.6) is 0 Å². The van der Waals surface area contributed by atoms with Crippen molar-refractivity contribution in [3.63, 3.8) is 0 Å². The van der Waals surface area contributed by atoms with Crippen LogP contribution in [0.4, 0.5) is 0 Å². The van der Waals surface area contributed by atoms with Gasteiger partial charge in [-0.3, -0.25) is 9.89 Å². The quantitative estimate of drug-likeness (QED) is 0.519. The first-order chi connectivity index (χ1) is 14.2. The summed E-state index contributed by atoms with van der Waals surface area (Å²) >= 11 is 0. The summed E-state index contributed by atoms with van der Waals surface area (Å²) in [6, 6.07) is 12.6. The minimum absolute atomic E-state index is 0.524. The molecular formula is C24H41N5. The fourth-order valence-electron chi connectivity index (χ4n) is 4.71. The molecule has 1 aliphatic carbocycles. The Morgan fingerprint density at radius 3 is 2.48 bits per heavy atom. The van der Waals surface area contributed by atoms with Gasteiger partial charge < -0.3 is 15.5 Å². The van der Waals surface area contributed by atoms with E-state index in [-0.39, 0.29) is 0 Å². The summed E-state index contributed by atoms with van der Waals surface area (Å²) in [5.41, 5.74) is 1.37. The number of likely N-dealkylation sites (tertiary alicyclic amines) is 1. The molecule has 2 aliphatic rings. The Bertz CT molecular complexity index is 603. The molecule has 0 radical (unpaired) electrons. The van der Waals surface area contributed by atoms with Gasteiger partial charge in [-0.25, -0.2) is 0 Å². The van der Waals surface area contributed by atoms with Crippen LogP contribution in [0.2, 0.25) is 0 Å². The summed E-state index contributed by atoms with van der Waals surface area (Å²) in [7, 11) is 4.09. The number of nitrogens with zero attached hydrogens (tertiary/aromatic N) is 3. The predicted molar refractivity (Wildman–Crippen MR) is 123 cm³/mol. The van der Waals surface area contributed by atoms with E-state index in [2.05, 4.69) is 69.7 Å². The molecule has 0 aromatic heterocycles. The molecule has 1 aliphatic heterocycles. The Kier molecular flexibility index (Phi) is 8.81. The average molecular weight is 400 g/mol. The van der Waals surface area contributed by atoms with Gasteiger partial charge in [0.25, 0.3) is 0 Å². The van der Waals surface area contributed by atoms with E-state index in [1.807, 2.05) is 7.05 Å². The van der Waals surface area contributed by atoms with E-state index in [0.29, 0.717) is 12.1 Å². The van der Waals surface area contributed by atoms with Crippen molar-refractivity contribution in [1.82, 2.24) is 20.4 Å². The molecule has 1 unspecified atom stereocenters. The van der Waals surface area contributed by atoms with Gasteiger partial charge in [0.2, 0.25) is 0 Å².